The van der Waals surface area contributed by atoms with Gasteiger partial charge in [-0.25, -0.2) is 0 Å². The van der Waals surface area contributed by atoms with Crippen LogP contribution >= 0.6 is 0 Å². The first-order chi connectivity index (χ1) is 14.1. The van der Waals surface area contributed by atoms with Crippen LogP contribution in [0.3, 0.4) is 0 Å². The van der Waals surface area contributed by atoms with E-state index in [9.17, 15) is 4.79 Å². The molecule has 0 saturated carbocycles. The molecule has 1 aliphatic heterocycles. The van der Waals surface area contributed by atoms with E-state index >= 15 is 0 Å². The van der Waals surface area contributed by atoms with E-state index in [1.165, 1.54) is 11.1 Å². The third kappa shape index (κ3) is 4.38. The molecular formula is C23H27N5O. The number of pyridine rings is 1. The second kappa shape index (κ2) is 8.57. The first kappa shape index (κ1) is 19.3. The van der Waals surface area contributed by atoms with Crippen molar-refractivity contribution in [2.45, 2.75) is 26.9 Å². The predicted octanol–water partition coefficient (Wildman–Crippen LogP) is 2.90. The third-order valence-corrected chi connectivity index (χ3v) is 5.59. The van der Waals surface area contributed by atoms with Crippen LogP contribution in [0.4, 0.5) is 0 Å². The summed E-state index contributed by atoms with van der Waals surface area (Å²) in [7, 11) is 0. The molecule has 1 aliphatic rings. The van der Waals surface area contributed by atoms with Gasteiger partial charge < -0.3 is 4.90 Å². The summed E-state index contributed by atoms with van der Waals surface area (Å²) >= 11 is 0. The first-order valence-electron chi connectivity index (χ1n) is 10.1. The van der Waals surface area contributed by atoms with E-state index in [4.69, 9.17) is 0 Å². The van der Waals surface area contributed by atoms with Gasteiger partial charge >= 0.3 is 0 Å². The summed E-state index contributed by atoms with van der Waals surface area (Å²) in [5.41, 5.74) is 4.94. The summed E-state index contributed by atoms with van der Waals surface area (Å²) < 4.78 is 1.94. The highest BCUT2D eigenvalue weighted by Crippen LogP contribution is 2.19. The van der Waals surface area contributed by atoms with E-state index in [0.717, 1.165) is 49.7 Å². The van der Waals surface area contributed by atoms with Crippen molar-refractivity contribution in [1.82, 2.24) is 24.6 Å². The number of hydrogen-bond donors (Lipinski definition) is 0. The van der Waals surface area contributed by atoms with Crippen LogP contribution in [-0.2, 0) is 13.1 Å². The molecule has 150 valence electrons. The number of rotatable bonds is 5. The van der Waals surface area contributed by atoms with Gasteiger partial charge in [0.25, 0.3) is 5.91 Å². The molecule has 1 saturated heterocycles. The fraction of sp³-hybridized carbons (Fsp3) is 0.348. The fourth-order valence-electron chi connectivity index (χ4n) is 3.93. The zero-order valence-electron chi connectivity index (χ0n) is 17.1. The highest BCUT2D eigenvalue weighted by Gasteiger charge is 2.27. The molecule has 29 heavy (non-hydrogen) atoms. The van der Waals surface area contributed by atoms with Gasteiger partial charge in [-0.2, -0.15) is 5.10 Å². The highest BCUT2D eigenvalue weighted by atomic mass is 16.2. The Bertz CT molecular complexity index is 960. The van der Waals surface area contributed by atoms with Crippen LogP contribution in [0.2, 0.25) is 0 Å². The van der Waals surface area contributed by atoms with Crippen molar-refractivity contribution < 1.29 is 4.79 Å². The van der Waals surface area contributed by atoms with Crippen molar-refractivity contribution >= 4 is 5.91 Å². The van der Waals surface area contributed by atoms with Crippen molar-refractivity contribution in [3.63, 3.8) is 0 Å². The molecular weight excluding hydrogens is 362 g/mol. The van der Waals surface area contributed by atoms with Gasteiger partial charge in [0.2, 0.25) is 0 Å². The van der Waals surface area contributed by atoms with E-state index in [1.54, 1.807) is 0 Å². The molecule has 0 bridgehead atoms. The summed E-state index contributed by atoms with van der Waals surface area (Å²) in [4.78, 5) is 21.6. The topological polar surface area (TPSA) is 54.3 Å². The number of amides is 1. The van der Waals surface area contributed by atoms with E-state index < -0.39 is 0 Å². The van der Waals surface area contributed by atoms with Crippen LogP contribution in [0.25, 0.3) is 0 Å². The van der Waals surface area contributed by atoms with Crippen LogP contribution in [0, 0.1) is 13.8 Å². The number of benzene rings is 1. The number of aryl methyl sites for hydroxylation is 1. The Morgan fingerprint density at radius 3 is 2.24 bits per heavy atom. The Morgan fingerprint density at radius 1 is 0.897 bits per heavy atom. The predicted molar refractivity (Wildman–Crippen MR) is 113 cm³/mol. The van der Waals surface area contributed by atoms with Crippen molar-refractivity contribution in [2.24, 2.45) is 0 Å². The van der Waals surface area contributed by atoms with Crippen molar-refractivity contribution in [3.05, 3.63) is 82.9 Å². The van der Waals surface area contributed by atoms with Crippen LogP contribution < -0.4 is 0 Å². The molecule has 4 rings (SSSR count). The number of carbonyl (C=O) groups excluding carboxylic acids is 1. The Balaban J connectivity index is 1.41. The minimum absolute atomic E-state index is 0.0999. The summed E-state index contributed by atoms with van der Waals surface area (Å²) in [6.07, 6.45) is 3.65. The Hall–Kier alpha value is -2.99. The van der Waals surface area contributed by atoms with E-state index in [0.29, 0.717) is 6.54 Å². The molecule has 0 aliphatic carbocycles. The Labute approximate surface area is 171 Å². The smallest absolute Gasteiger partial charge is 0.257 e. The van der Waals surface area contributed by atoms with Gasteiger partial charge in [0.1, 0.15) is 0 Å². The number of aromatic nitrogens is 3. The molecule has 1 fully saturated rings. The summed E-state index contributed by atoms with van der Waals surface area (Å²) in [6.45, 7) is 8.75. The lowest BCUT2D eigenvalue weighted by Gasteiger charge is -2.34. The van der Waals surface area contributed by atoms with Crippen LogP contribution in [0.1, 0.15) is 32.9 Å². The molecule has 6 nitrogen and oxygen atoms in total. The second-order valence-corrected chi connectivity index (χ2v) is 7.61. The highest BCUT2D eigenvalue weighted by molar-refractivity contribution is 5.96. The zero-order chi connectivity index (χ0) is 20.2. The molecule has 6 heteroatoms. The lowest BCUT2D eigenvalue weighted by Crippen LogP contribution is -2.48. The van der Waals surface area contributed by atoms with Crippen LogP contribution in [-0.4, -0.2) is 56.7 Å². The monoisotopic (exact) mass is 389 g/mol. The first-order valence-corrected chi connectivity index (χ1v) is 10.1. The molecule has 0 N–H and O–H groups in total. The minimum Gasteiger partial charge on any atom is -0.336 e. The SMILES string of the molecule is Cc1nn(Cc2ccccc2)c(C)c1C(=O)N1CCN(Cc2ccncc2)CC1. The zero-order valence-corrected chi connectivity index (χ0v) is 17.1. The van der Waals surface area contributed by atoms with Gasteiger partial charge in [-0.1, -0.05) is 30.3 Å². The van der Waals surface area contributed by atoms with Crippen molar-refractivity contribution in [3.8, 4) is 0 Å². The van der Waals surface area contributed by atoms with E-state index in [2.05, 4.69) is 27.1 Å². The third-order valence-electron chi connectivity index (χ3n) is 5.59. The number of hydrogen-bond acceptors (Lipinski definition) is 4. The van der Waals surface area contributed by atoms with Crippen LogP contribution in [0.15, 0.2) is 54.9 Å². The molecule has 0 unspecified atom stereocenters. The minimum atomic E-state index is 0.0999. The molecule has 3 heterocycles. The maximum absolute atomic E-state index is 13.2. The molecule has 1 amide bonds. The molecule has 0 spiro atoms. The van der Waals surface area contributed by atoms with Gasteiger partial charge in [-0.3, -0.25) is 19.4 Å². The van der Waals surface area contributed by atoms with Gasteiger partial charge in [0.15, 0.2) is 0 Å². The molecule has 0 radical (unpaired) electrons. The molecule has 2 aromatic heterocycles. The van der Waals surface area contributed by atoms with E-state index in [1.807, 2.05) is 66.2 Å². The summed E-state index contributed by atoms with van der Waals surface area (Å²) in [5, 5.41) is 4.64. The molecule has 3 aromatic rings. The van der Waals surface area contributed by atoms with Crippen molar-refractivity contribution in [2.75, 3.05) is 26.2 Å². The average molecular weight is 390 g/mol. The lowest BCUT2D eigenvalue weighted by atomic mass is 10.1. The number of nitrogens with zero attached hydrogens (tertiary/aromatic N) is 5. The van der Waals surface area contributed by atoms with Gasteiger partial charge in [-0.05, 0) is 37.1 Å². The lowest BCUT2D eigenvalue weighted by molar-refractivity contribution is 0.0627. The number of carbonyl (C=O) groups is 1. The number of piperazine rings is 1. The average Bonchev–Trinajstić information content (AvgIpc) is 3.02. The summed E-state index contributed by atoms with van der Waals surface area (Å²) in [5.74, 6) is 0.0999. The Morgan fingerprint density at radius 2 is 1.55 bits per heavy atom. The summed E-state index contributed by atoms with van der Waals surface area (Å²) in [6, 6.07) is 14.3. The maximum atomic E-state index is 13.2. The largest absolute Gasteiger partial charge is 0.336 e. The second-order valence-electron chi connectivity index (χ2n) is 7.61. The normalized spacial score (nSPS) is 14.9. The quantitative estimate of drug-likeness (QED) is 0.673. The molecule has 0 atom stereocenters. The molecule has 1 aromatic carbocycles. The van der Waals surface area contributed by atoms with Gasteiger partial charge in [0, 0.05) is 50.8 Å². The van der Waals surface area contributed by atoms with E-state index in [-0.39, 0.29) is 5.91 Å². The van der Waals surface area contributed by atoms with Crippen molar-refractivity contribution in [1.29, 1.82) is 0 Å². The van der Waals surface area contributed by atoms with Gasteiger partial charge in [0.05, 0.1) is 17.8 Å². The fourth-order valence-corrected chi connectivity index (χ4v) is 3.93. The standard InChI is InChI=1S/C23H27N5O/c1-18-22(19(2)28(25-18)17-20-6-4-3-5-7-20)23(29)27-14-12-26(13-15-27)16-21-8-10-24-11-9-21/h3-11H,12-17H2,1-2H3. The maximum Gasteiger partial charge on any atom is 0.257 e. The van der Waals surface area contributed by atoms with Gasteiger partial charge in [-0.15, -0.1) is 0 Å². The van der Waals surface area contributed by atoms with Crippen LogP contribution in [0.5, 0.6) is 0 Å². The Kier molecular flexibility index (Phi) is 5.71.